The smallest absolute Gasteiger partial charge is 0.235 e. The molecular weight excluding hydrogens is 198 g/mol. The second-order valence-electron chi connectivity index (χ2n) is 2.68. The van der Waals surface area contributed by atoms with Gasteiger partial charge in [-0.2, -0.15) is 0 Å². The molecule has 0 fully saturated rings. The van der Waals surface area contributed by atoms with E-state index < -0.39 is 0 Å². The molecule has 0 atom stereocenters. The van der Waals surface area contributed by atoms with Gasteiger partial charge >= 0.3 is 0 Å². The molecule has 1 aromatic rings. The minimum absolute atomic E-state index is 0.103. The van der Waals surface area contributed by atoms with Gasteiger partial charge in [0.2, 0.25) is 5.91 Å². The highest BCUT2D eigenvalue weighted by molar-refractivity contribution is 7.80. The van der Waals surface area contributed by atoms with E-state index in [0.717, 1.165) is 5.69 Å². The molecule has 14 heavy (non-hydrogen) atoms. The molecule has 5 heteroatoms. The van der Waals surface area contributed by atoms with E-state index in [2.05, 4.69) is 5.43 Å². The molecule has 0 heterocycles. The van der Waals surface area contributed by atoms with E-state index >= 15 is 0 Å². The number of para-hydroxylation sites is 1. The van der Waals surface area contributed by atoms with Gasteiger partial charge in [0.25, 0.3) is 0 Å². The lowest BCUT2D eigenvalue weighted by atomic mass is 10.3. The Labute approximate surface area is 87.7 Å². The Bertz CT molecular complexity index is 339. The van der Waals surface area contributed by atoms with E-state index in [1.54, 1.807) is 12.1 Å². The van der Waals surface area contributed by atoms with Gasteiger partial charge in [0.05, 0.1) is 5.69 Å². The molecule has 0 saturated carbocycles. The SMILES string of the molecule is CC(=O)NN(C(N)=S)c1ccccc1. The molecule has 0 bridgehead atoms. The number of amides is 1. The largest absolute Gasteiger partial charge is 0.374 e. The average Bonchev–Trinajstić information content (AvgIpc) is 2.15. The van der Waals surface area contributed by atoms with Gasteiger partial charge in [-0.1, -0.05) is 18.2 Å². The molecule has 3 N–H and O–H groups in total. The number of benzene rings is 1. The van der Waals surface area contributed by atoms with Gasteiger partial charge in [-0.15, -0.1) is 0 Å². The summed E-state index contributed by atoms with van der Waals surface area (Å²) in [7, 11) is 0. The summed E-state index contributed by atoms with van der Waals surface area (Å²) in [5.74, 6) is -0.221. The zero-order chi connectivity index (χ0) is 10.6. The molecule has 0 saturated heterocycles. The van der Waals surface area contributed by atoms with Gasteiger partial charge in [-0.25, -0.2) is 5.01 Å². The molecule has 0 radical (unpaired) electrons. The molecule has 4 nitrogen and oxygen atoms in total. The summed E-state index contributed by atoms with van der Waals surface area (Å²) >= 11 is 4.81. The zero-order valence-electron chi connectivity index (χ0n) is 7.73. The van der Waals surface area contributed by atoms with Crippen molar-refractivity contribution in [3.63, 3.8) is 0 Å². The first-order valence-electron chi connectivity index (χ1n) is 4.03. The lowest BCUT2D eigenvalue weighted by Gasteiger charge is -2.22. The molecule has 0 spiro atoms. The maximum absolute atomic E-state index is 10.9. The maximum atomic E-state index is 10.9. The minimum Gasteiger partial charge on any atom is -0.374 e. The monoisotopic (exact) mass is 209 g/mol. The minimum atomic E-state index is -0.221. The topological polar surface area (TPSA) is 58.4 Å². The average molecular weight is 209 g/mol. The quantitative estimate of drug-likeness (QED) is 0.530. The van der Waals surface area contributed by atoms with Gasteiger partial charge in [-0.05, 0) is 24.4 Å². The summed E-state index contributed by atoms with van der Waals surface area (Å²) in [6.07, 6.45) is 0. The van der Waals surface area contributed by atoms with Crippen LogP contribution in [-0.4, -0.2) is 11.0 Å². The Morgan fingerprint density at radius 2 is 2.00 bits per heavy atom. The van der Waals surface area contributed by atoms with Crippen LogP contribution in [0, 0.1) is 0 Å². The second kappa shape index (κ2) is 4.57. The van der Waals surface area contributed by atoms with E-state index in [9.17, 15) is 4.79 Å². The van der Waals surface area contributed by atoms with Crippen LogP contribution in [0.3, 0.4) is 0 Å². The Morgan fingerprint density at radius 1 is 1.43 bits per heavy atom. The van der Waals surface area contributed by atoms with Crippen LogP contribution in [0.2, 0.25) is 0 Å². The van der Waals surface area contributed by atoms with Crippen molar-refractivity contribution in [3.8, 4) is 0 Å². The number of carbonyl (C=O) groups excluding carboxylic acids is 1. The van der Waals surface area contributed by atoms with Crippen molar-refractivity contribution < 1.29 is 4.79 Å². The molecule has 0 aliphatic carbocycles. The van der Waals surface area contributed by atoms with Gasteiger partial charge in [-0.3, -0.25) is 10.2 Å². The summed E-state index contributed by atoms with van der Waals surface area (Å²) in [4.78, 5) is 10.9. The highest BCUT2D eigenvalue weighted by atomic mass is 32.1. The standard InChI is InChI=1S/C9H11N3OS/c1-7(13)11-12(9(10)14)8-5-3-2-4-6-8/h2-6H,1H3,(H2,10,14)(H,11,13). The van der Waals surface area contributed by atoms with Crippen LogP contribution in [0.1, 0.15) is 6.92 Å². The number of nitrogens with two attached hydrogens (primary N) is 1. The van der Waals surface area contributed by atoms with E-state index in [1.807, 2.05) is 18.2 Å². The first-order valence-corrected chi connectivity index (χ1v) is 4.44. The molecule has 1 aromatic carbocycles. The lowest BCUT2D eigenvalue weighted by Crippen LogP contribution is -2.48. The van der Waals surface area contributed by atoms with Gasteiger partial charge in [0, 0.05) is 6.92 Å². The van der Waals surface area contributed by atoms with Crippen molar-refractivity contribution in [1.29, 1.82) is 0 Å². The van der Waals surface area contributed by atoms with E-state index in [-0.39, 0.29) is 11.0 Å². The Morgan fingerprint density at radius 3 is 2.43 bits per heavy atom. The molecular formula is C9H11N3OS. The first-order chi connectivity index (χ1) is 6.61. The number of nitrogens with one attached hydrogen (secondary N) is 1. The maximum Gasteiger partial charge on any atom is 0.235 e. The van der Waals surface area contributed by atoms with Crippen molar-refractivity contribution in [2.45, 2.75) is 6.92 Å². The van der Waals surface area contributed by atoms with Crippen LogP contribution in [0.15, 0.2) is 30.3 Å². The highest BCUT2D eigenvalue weighted by Gasteiger charge is 2.09. The Hall–Kier alpha value is -1.62. The summed E-state index contributed by atoms with van der Waals surface area (Å²) in [5.41, 5.74) is 8.72. The van der Waals surface area contributed by atoms with Crippen LogP contribution >= 0.6 is 12.2 Å². The molecule has 0 aliphatic heterocycles. The van der Waals surface area contributed by atoms with Gasteiger partial charge in [0.15, 0.2) is 5.11 Å². The highest BCUT2D eigenvalue weighted by Crippen LogP contribution is 2.10. The second-order valence-corrected chi connectivity index (χ2v) is 3.10. The lowest BCUT2D eigenvalue weighted by molar-refractivity contribution is -0.118. The summed E-state index contributed by atoms with van der Waals surface area (Å²) in [6.45, 7) is 1.40. The van der Waals surface area contributed by atoms with Crippen molar-refractivity contribution in [1.82, 2.24) is 5.43 Å². The number of hydrazine groups is 1. The van der Waals surface area contributed by atoms with Crippen LogP contribution in [-0.2, 0) is 4.79 Å². The molecule has 1 rings (SSSR count). The molecule has 0 aliphatic rings. The molecule has 0 unspecified atom stereocenters. The number of thiocarbonyl (C=S) groups is 1. The van der Waals surface area contributed by atoms with Crippen molar-refractivity contribution in [3.05, 3.63) is 30.3 Å². The molecule has 1 amide bonds. The number of carbonyl (C=O) groups is 1. The number of nitrogens with zero attached hydrogens (tertiary/aromatic N) is 1. The number of rotatable bonds is 1. The van der Waals surface area contributed by atoms with Gasteiger partial charge < -0.3 is 5.73 Å². The zero-order valence-corrected chi connectivity index (χ0v) is 8.54. The Balaban J connectivity index is 2.89. The van der Waals surface area contributed by atoms with Crippen LogP contribution in [0.4, 0.5) is 5.69 Å². The fraction of sp³-hybridized carbons (Fsp3) is 0.111. The molecule has 0 aromatic heterocycles. The summed E-state index contributed by atoms with van der Waals surface area (Å²) in [6, 6.07) is 9.14. The summed E-state index contributed by atoms with van der Waals surface area (Å²) in [5, 5.41) is 1.46. The third-order valence-electron chi connectivity index (χ3n) is 1.50. The number of hydrogen-bond acceptors (Lipinski definition) is 2. The normalized spacial score (nSPS) is 9.21. The van der Waals surface area contributed by atoms with Gasteiger partial charge in [0.1, 0.15) is 0 Å². The molecule has 74 valence electrons. The summed E-state index contributed by atoms with van der Waals surface area (Å²) < 4.78 is 0. The van der Waals surface area contributed by atoms with Crippen molar-refractivity contribution in [2.75, 3.05) is 5.01 Å². The third-order valence-corrected chi connectivity index (χ3v) is 1.69. The predicted molar refractivity (Wildman–Crippen MR) is 59.5 cm³/mol. The predicted octanol–water partition coefficient (Wildman–Crippen LogP) is 0.788. The fourth-order valence-electron chi connectivity index (χ4n) is 0.981. The van der Waals surface area contributed by atoms with Crippen LogP contribution in [0.25, 0.3) is 0 Å². The number of anilines is 1. The fourth-order valence-corrected chi connectivity index (χ4v) is 1.13. The Kier molecular flexibility index (Phi) is 3.41. The van der Waals surface area contributed by atoms with E-state index in [1.165, 1.54) is 11.9 Å². The number of hydrogen-bond donors (Lipinski definition) is 2. The van der Waals surface area contributed by atoms with Crippen molar-refractivity contribution >= 4 is 28.9 Å². The van der Waals surface area contributed by atoms with E-state index in [0.29, 0.717) is 0 Å². The van der Waals surface area contributed by atoms with Crippen molar-refractivity contribution in [2.24, 2.45) is 5.73 Å². The van der Waals surface area contributed by atoms with Crippen LogP contribution < -0.4 is 16.2 Å². The van der Waals surface area contributed by atoms with Crippen LogP contribution in [0.5, 0.6) is 0 Å². The first kappa shape index (κ1) is 10.5. The van der Waals surface area contributed by atoms with E-state index in [4.69, 9.17) is 18.0 Å². The third kappa shape index (κ3) is 2.70.